The van der Waals surface area contributed by atoms with Crippen LogP contribution in [0.3, 0.4) is 0 Å². The number of nitrogens with two attached hydrogens (primary N) is 1. The van der Waals surface area contributed by atoms with E-state index in [1.165, 1.54) is 6.07 Å². The molecule has 0 heterocycles. The molecule has 0 aliphatic carbocycles. The number of hydrogen-bond acceptors (Lipinski definition) is 3. The topological polar surface area (TPSA) is 59.0 Å². The summed E-state index contributed by atoms with van der Waals surface area (Å²) in [6, 6.07) is 5.67. The van der Waals surface area contributed by atoms with E-state index in [9.17, 15) is 4.39 Å². The first kappa shape index (κ1) is 10.5. The molecule has 0 bridgehead atoms. The van der Waals surface area contributed by atoms with Crippen LogP contribution in [0.25, 0.3) is 0 Å². The third-order valence-electron chi connectivity index (χ3n) is 1.74. The highest BCUT2D eigenvalue weighted by Gasteiger charge is 2.03. The molecule has 1 rings (SSSR count). The second kappa shape index (κ2) is 4.58. The normalized spacial score (nSPS) is 11.9. The van der Waals surface area contributed by atoms with Gasteiger partial charge in [-0.2, -0.15) is 5.26 Å². The first-order chi connectivity index (χ1) is 6.63. The zero-order valence-electron chi connectivity index (χ0n) is 7.83. The summed E-state index contributed by atoms with van der Waals surface area (Å²) < 4.78 is 18.1. The molecule has 1 aromatic rings. The van der Waals surface area contributed by atoms with Crippen LogP contribution in [0.2, 0.25) is 0 Å². The lowest BCUT2D eigenvalue weighted by Crippen LogP contribution is -2.25. The van der Waals surface area contributed by atoms with Crippen LogP contribution in [0.4, 0.5) is 4.39 Å². The van der Waals surface area contributed by atoms with Gasteiger partial charge >= 0.3 is 0 Å². The summed E-state index contributed by atoms with van der Waals surface area (Å²) in [7, 11) is 0. The second-order valence-corrected chi connectivity index (χ2v) is 2.96. The summed E-state index contributed by atoms with van der Waals surface area (Å²) in [6.07, 6.45) is 0. The van der Waals surface area contributed by atoms with Crippen molar-refractivity contribution in [1.82, 2.24) is 0 Å². The van der Waals surface area contributed by atoms with Gasteiger partial charge < -0.3 is 10.5 Å². The maximum atomic E-state index is 13.0. The van der Waals surface area contributed by atoms with Crippen LogP contribution in [-0.4, -0.2) is 12.6 Å². The molecule has 0 saturated heterocycles. The lowest BCUT2D eigenvalue weighted by molar-refractivity contribution is 0.307. The molecule has 74 valence electrons. The number of rotatable bonds is 3. The van der Waals surface area contributed by atoms with E-state index in [0.29, 0.717) is 11.3 Å². The van der Waals surface area contributed by atoms with E-state index in [-0.39, 0.29) is 12.4 Å². The Labute approximate surface area is 81.9 Å². The zero-order valence-corrected chi connectivity index (χ0v) is 7.83. The molecule has 0 aliphatic rings. The molecule has 0 radical (unpaired) electrons. The van der Waals surface area contributed by atoms with Crippen molar-refractivity contribution in [2.45, 2.75) is 13.0 Å². The van der Waals surface area contributed by atoms with Crippen molar-refractivity contribution in [2.75, 3.05) is 6.61 Å². The Morgan fingerprint density at radius 3 is 2.93 bits per heavy atom. The van der Waals surface area contributed by atoms with Crippen molar-refractivity contribution in [1.29, 1.82) is 5.26 Å². The summed E-state index contributed by atoms with van der Waals surface area (Å²) in [4.78, 5) is 0. The Balaban J connectivity index is 2.61. The molecule has 4 heteroatoms. The van der Waals surface area contributed by atoms with Gasteiger partial charge in [0.25, 0.3) is 0 Å². The minimum Gasteiger partial charge on any atom is -0.491 e. The van der Waals surface area contributed by atoms with E-state index >= 15 is 0 Å². The third-order valence-corrected chi connectivity index (χ3v) is 1.74. The molecule has 0 amide bonds. The molecule has 1 atom stereocenters. The molecular formula is C10H11FN2O. The van der Waals surface area contributed by atoms with E-state index in [0.717, 1.165) is 0 Å². The highest BCUT2D eigenvalue weighted by atomic mass is 19.1. The predicted molar refractivity (Wildman–Crippen MR) is 50.2 cm³/mol. The van der Waals surface area contributed by atoms with Gasteiger partial charge in [-0.05, 0) is 18.6 Å². The molecule has 3 nitrogen and oxygen atoms in total. The minimum atomic E-state index is -0.681. The summed E-state index contributed by atoms with van der Waals surface area (Å²) >= 11 is 0. The average molecular weight is 194 g/mol. The summed E-state index contributed by atoms with van der Waals surface area (Å²) in [6.45, 7) is 1.74. The summed E-state index contributed by atoms with van der Waals surface area (Å²) in [5.41, 5.74) is 5.87. The highest BCUT2D eigenvalue weighted by Crippen LogP contribution is 2.15. The van der Waals surface area contributed by atoms with Gasteiger partial charge in [0.05, 0.1) is 6.07 Å². The molecular weight excluding hydrogens is 183 g/mol. The monoisotopic (exact) mass is 194 g/mol. The Morgan fingerprint density at radius 2 is 2.36 bits per heavy atom. The Hall–Kier alpha value is -1.60. The third kappa shape index (κ3) is 2.71. The standard InChI is InChI=1S/C10H11FN2O/c1-7-2-3-9(4-10(7)11)14-6-8(13)5-12/h2-4,8H,6,13H2,1H3. The van der Waals surface area contributed by atoms with Gasteiger partial charge in [0.2, 0.25) is 0 Å². The Morgan fingerprint density at radius 1 is 1.64 bits per heavy atom. The lowest BCUT2D eigenvalue weighted by Gasteiger charge is -2.07. The largest absolute Gasteiger partial charge is 0.491 e. The van der Waals surface area contributed by atoms with E-state index in [4.69, 9.17) is 15.7 Å². The van der Waals surface area contributed by atoms with Crippen LogP contribution in [0.5, 0.6) is 5.75 Å². The van der Waals surface area contributed by atoms with Crippen LogP contribution in [0, 0.1) is 24.1 Å². The molecule has 1 aromatic carbocycles. The highest BCUT2D eigenvalue weighted by molar-refractivity contribution is 5.28. The number of aryl methyl sites for hydroxylation is 1. The molecule has 0 aromatic heterocycles. The summed E-state index contributed by atoms with van der Waals surface area (Å²) in [5.74, 6) is 0.0619. The fourth-order valence-corrected chi connectivity index (χ4v) is 0.887. The minimum absolute atomic E-state index is 0.0685. The molecule has 0 fully saturated rings. The quantitative estimate of drug-likeness (QED) is 0.790. The van der Waals surface area contributed by atoms with Crippen molar-refractivity contribution < 1.29 is 9.13 Å². The molecule has 0 spiro atoms. The van der Waals surface area contributed by atoms with Gasteiger partial charge in [0.15, 0.2) is 0 Å². The Bertz CT molecular complexity index is 360. The first-order valence-corrected chi connectivity index (χ1v) is 4.17. The van der Waals surface area contributed by atoms with Crippen molar-refractivity contribution in [3.8, 4) is 11.8 Å². The van der Waals surface area contributed by atoms with Gasteiger partial charge in [-0.15, -0.1) is 0 Å². The SMILES string of the molecule is Cc1ccc(OCC(N)C#N)cc1F. The number of benzene rings is 1. The van der Waals surface area contributed by atoms with E-state index in [1.807, 2.05) is 6.07 Å². The smallest absolute Gasteiger partial charge is 0.129 e. The number of halogens is 1. The van der Waals surface area contributed by atoms with Crippen LogP contribution in [0.1, 0.15) is 5.56 Å². The molecule has 14 heavy (non-hydrogen) atoms. The van der Waals surface area contributed by atoms with Crippen molar-refractivity contribution in [3.05, 3.63) is 29.6 Å². The van der Waals surface area contributed by atoms with Crippen LogP contribution < -0.4 is 10.5 Å². The Kier molecular flexibility index (Phi) is 3.43. The number of nitrogens with zero attached hydrogens (tertiary/aromatic N) is 1. The van der Waals surface area contributed by atoms with Gasteiger partial charge in [-0.25, -0.2) is 4.39 Å². The average Bonchev–Trinajstić information content (AvgIpc) is 2.19. The van der Waals surface area contributed by atoms with E-state index in [2.05, 4.69) is 0 Å². The second-order valence-electron chi connectivity index (χ2n) is 2.96. The number of nitriles is 1. The zero-order chi connectivity index (χ0) is 10.6. The maximum absolute atomic E-state index is 13.0. The maximum Gasteiger partial charge on any atom is 0.129 e. The van der Waals surface area contributed by atoms with Crippen molar-refractivity contribution in [3.63, 3.8) is 0 Å². The molecule has 0 saturated carbocycles. The van der Waals surface area contributed by atoms with Gasteiger partial charge in [0.1, 0.15) is 24.2 Å². The van der Waals surface area contributed by atoms with E-state index in [1.54, 1.807) is 19.1 Å². The van der Waals surface area contributed by atoms with Crippen LogP contribution >= 0.6 is 0 Å². The van der Waals surface area contributed by atoms with Gasteiger partial charge in [-0.1, -0.05) is 6.07 Å². The fourth-order valence-electron chi connectivity index (χ4n) is 0.887. The number of hydrogen-bond donors (Lipinski definition) is 1. The van der Waals surface area contributed by atoms with E-state index < -0.39 is 6.04 Å². The molecule has 2 N–H and O–H groups in total. The van der Waals surface area contributed by atoms with Crippen molar-refractivity contribution in [2.24, 2.45) is 5.73 Å². The first-order valence-electron chi connectivity index (χ1n) is 4.17. The van der Waals surface area contributed by atoms with Crippen LogP contribution in [-0.2, 0) is 0 Å². The summed E-state index contributed by atoms with van der Waals surface area (Å²) in [5, 5.41) is 8.38. The number of ether oxygens (including phenoxy) is 1. The molecule has 0 aliphatic heterocycles. The van der Waals surface area contributed by atoms with Crippen molar-refractivity contribution >= 4 is 0 Å². The van der Waals surface area contributed by atoms with Crippen LogP contribution in [0.15, 0.2) is 18.2 Å². The van der Waals surface area contributed by atoms with Gasteiger partial charge in [0, 0.05) is 6.07 Å². The fraction of sp³-hybridized carbons (Fsp3) is 0.300. The lowest BCUT2D eigenvalue weighted by atomic mass is 10.2. The van der Waals surface area contributed by atoms with Gasteiger partial charge in [-0.3, -0.25) is 0 Å². The predicted octanol–water partition coefficient (Wildman–Crippen LogP) is 1.36. The molecule has 1 unspecified atom stereocenters.